The summed E-state index contributed by atoms with van der Waals surface area (Å²) >= 11 is 1.53. The summed E-state index contributed by atoms with van der Waals surface area (Å²) in [7, 11) is 0. The fraction of sp³-hybridized carbons (Fsp3) is 0.385. The third-order valence-electron chi connectivity index (χ3n) is 2.73. The summed E-state index contributed by atoms with van der Waals surface area (Å²) in [6.07, 6.45) is 3.70. The van der Waals surface area contributed by atoms with E-state index in [-0.39, 0.29) is 17.6 Å². The molecule has 1 N–H and O–H groups in total. The summed E-state index contributed by atoms with van der Waals surface area (Å²) < 4.78 is 5.41. The van der Waals surface area contributed by atoms with E-state index in [1.165, 1.54) is 11.3 Å². The number of nitrogens with one attached hydrogen (secondary N) is 1. The molecule has 0 aromatic carbocycles. The fourth-order valence-electron chi connectivity index (χ4n) is 1.78. The standard InChI is InChI=1S/C13H14N2O2S/c14-7-11(6-10-3-5-18-9-10)13(16)15-8-12-2-1-4-17-12/h3,5-6,9,12H,1-2,4,8H2,(H,15,16)/b11-6+. The van der Waals surface area contributed by atoms with Crippen LogP contribution in [0.25, 0.3) is 6.08 Å². The minimum Gasteiger partial charge on any atom is -0.376 e. The van der Waals surface area contributed by atoms with Crippen molar-refractivity contribution in [3.05, 3.63) is 28.0 Å². The van der Waals surface area contributed by atoms with E-state index in [0.717, 1.165) is 25.0 Å². The number of nitriles is 1. The van der Waals surface area contributed by atoms with E-state index in [1.54, 1.807) is 6.08 Å². The van der Waals surface area contributed by atoms with Crippen molar-refractivity contribution in [1.82, 2.24) is 5.32 Å². The highest BCUT2D eigenvalue weighted by Crippen LogP contribution is 2.12. The average Bonchev–Trinajstić information content (AvgIpc) is 3.06. The van der Waals surface area contributed by atoms with E-state index in [9.17, 15) is 4.79 Å². The number of carbonyl (C=O) groups excluding carboxylic acids is 1. The van der Waals surface area contributed by atoms with Crippen LogP contribution in [0.5, 0.6) is 0 Å². The maximum absolute atomic E-state index is 11.8. The zero-order chi connectivity index (χ0) is 12.8. The molecule has 1 aromatic heterocycles. The van der Waals surface area contributed by atoms with Gasteiger partial charge in [-0.2, -0.15) is 16.6 Å². The fourth-order valence-corrected chi connectivity index (χ4v) is 2.40. The molecule has 0 aliphatic carbocycles. The number of hydrogen-bond donors (Lipinski definition) is 1. The van der Waals surface area contributed by atoms with Crippen LogP contribution in [0, 0.1) is 11.3 Å². The molecule has 0 radical (unpaired) electrons. The molecule has 1 saturated heterocycles. The molecule has 1 aromatic rings. The van der Waals surface area contributed by atoms with Gasteiger partial charge in [0.05, 0.1) is 6.10 Å². The molecule has 4 nitrogen and oxygen atoms in total. The van der Waals surface area contributed by atoms with Gasteiger partial charge in [-0.3, -0.25) is 4.79 Å². The van der Waals surface area contributed by atoms with Crippen LogP contribution in [-0.4, -0.2) is 25.2 Å². The van der Waals surface area contributed by atoms with Crippen molar-refractivity contribution in [2.45, 2.75) is 18.9 Å². The number of thiophene rings is 1. The Morgan fingerprint density at radius 1 is 1.72 bits per heavy atom. The van der Waals surface area contributed by atoms with E-state index in [0.29, 0.717) is 6.54 Å². The zero-order valence-electron chi connectivity index (χ0n) is 9.89. The molecule has 0 bridgehead atoms. The maximum Gasteiger partial charge on any atom is 0.262 e. The summed E-state index contributed by atoms with van der Waals surface area (Å²) in [5.74, 6) is -0.334. The molecule has 94 valence electrons. The predicted octanol–water partition coefficient (Wildman–Crippen LogP) is 1.95. The molecule has 1 atom stereocenters. The monoisotopic (exact) mass is 262 g/mol. The molecule has 1 aliphatic rings. The summed E-state index contributed by atoms with van der Waals surface area (Å²) in [4.78, 5) is 11.8. The van der Waals surface area contributed by atoms with Crippen LogP contribution < -0.4 is 5.32 Å². The van der Waals surface area contributed by atoms with E-state index in [4.69, 9.17) is 10.00 Å². The van der Waals surface area contributed by atoms with Crippen LogP contribution in [0.15, 0.2) is 22.4 Å². The Balaban J connectivity index is 1.91. The highest BCUT2D eigenvalue weighted by atomic mass is 32.1. The molecule has 2 rings (SSSR count). The van der Waals surface area contributed by atoms with Crippen LogP contribution in [0.4, 0.5) is 0 Å². The van der Waals surface area contributed by atoms with Crippen molar-refractivity contribution in [2.24, 2.45) is 0 Å². The van der Waals surface area contributed by atoms with Crippen molar-refractivity contribution < 1.29 is 9.53 Å². The van der Waals surface area contributed by atoms with Gasteiger partial charge in [0, 0.05) is 13.2 Å². The Kier molecular flexibility index (Phi) is 4.51. The first-order valence-corrected chi connectivity index (χ1v) is 6.77. The minimum atomic E-state index is -0.334. The second-order valence-corrected chi connectivity index (χ2v) is 4.85. The van der Waals surface area contributed by atoms with E-state index < -0.39 is 0 Å². The molecule has 0 saturated carbocycles. The molecule has 0 spiro atoms. The van der Waals surface area contributed by atoms with Crippen molar-refractivity contribution in [3.63, 3.8) is 0 Å². The highest BCUT2D eigenvalue weighted by Gasteiger charge is 2.17. The van der Waals surface area contributed by atoms with Crippen LogP contribution in [0.3, 0.4) is 0 Å². The number of nitrogens with zero attached hydrogens (tertiary/aromatic N) is 1. The SMILES string of the molecule is N#C/C(=C\c1ccsc1)C(=O)NCC1CCCO1. The molecule has 5 heteroatoms. The van der Waals surface area contributed by atoms with Crippen LogP contribution >= 0.6 is 11.3 Å². The molecule has 2 heterocycles. The molecule has 1 amide bonds. The number of amides is 1. The van der Waals surface area contributed by atoms with E-state index >= 15 is 0 Å². The van der Waals surface area contributed by atoms with Crippen molar-refractivity contribution >= 4 is 23.3 Å². The number of rotatable bonds is 4. The van der Waals surface area contributed by atoms with Gasteiger partial charge in [-0.1, -0.05) is 0 Å². The van der Waals surface area contributed by atoms with Crippen molar-refractivity contribution in [3.8, 4) is 6.07 Å². The third kappa shape index (κ3) is 3.42. The highest BCUT2D eigenvalue weighted by molar-refractivity contribution is 7.08. The molecule has 1 aliphatic heterocycles. The van der Waals surface area contributed by atoms with Gasteiger partial charge in [-0.15, -0.1) is 0 Å². The summed E-state index contributed by atoms with van der Waals surface area (Å²) in [6, 6.07) is 3.80. The van der Waals surface area contributed by atoms with E-state index in [2.05, 4.69) is 5.32 Å². The Labute approximate surface area is 110 Å². The summed E-state index contributed by atoms with van der Waals surface area (Å²) in [5, 5.41) is 15.5. The largest absolute Gasteiger partial charge is 0.376 e. The van der Waals surface area contributed by atoms with Gasteiger partial charge in [0.1, 0.15) is 11.6 Å². The lowest BCUT2D eigenvalue weighted by molar-refractivity contribution is -0.117. The van der Waals surface area contributed by atoms with Gasteiger partial charge in [0.25, 0.3) is 5.91 Å². The van der Waals surface area contributed by atoms with Gasteiger partial charge >= 0.3 is 0 Å². The van der Waals surface area contributed by atoms with Gasteiger partial charge < -0.3 is 10.1 Å². The van der Waals surface area contributed by atoms with Gasteiger partial charge in [0.15, 0.2) is 0 Å². The van der Waals surface area contributed by atoms with E-state index in [1.807, 2.05) is 22.9 Å². The number of hydrogen-bond acceptors (Lipinski definition) is 4. The second kappa shape index (κ2) is 6.34. The molecule has 1 fully saturated rings. The van der Waals surface area contributed by atoms with Crippen LogP contribution in [0.2, 0.25) is 0 Å². The number of ether oxygens (including phenoxy) is 1. The molecular formula is C13H14N2O2S. The van der Waals surface area contributed by atoms with Crippen LogP contribution in [-0.2, 0) is 9.53 Å². The zero-order valence-corrected chi connectivity index (χ0v) is 10.7. The quantitative estimate of drug-likeness (QED) is 0.666. The first-order valence-electron chi connectivity index (χ1n) is 5.83. The Bertz CT molecular complexity index is 468. The summed E-state index contributed by atoms with van der Waals surface area (Å²) in [5.41, 5.74) is 1.01. The summed E-state index contributed by atoms with van der Waals surface area (Å²) in [6.45, 7) is 1.23. The first kappa shape index (κ1) is 12.8. The third-order valence-corrected chi connectivity index (χ3v) is 3.44. The van der Waals surface area contributed by atoms with Crippen molar-refractivity contribution in [2.75, 3.05) is 13.2 Å². The predicted molar refractivity (Wildman–Crippen MR) is 69.9 cm³/mol. The number of carbonyl (C=O) groups is 1. The maximum atomic E-state index is 11.8. The Morgan fingerprint density at radius 2 is 2.61 bits per heavy atom. The molecule has 18 heavy (non-hydrogen) atoms. The average molecular weight is 262 g/mol. The van der Waals surface area contributed by atoms with Gasteiger partial charge in [-0.05, 0) is 41.3 Å². The topological polar surface area (TPSA) is 62.1 Å². The normalized spacial score (nSPS) is 19.5. The smallest absolute Gasteiger partial charge is 0.262 e. The minimum absolute atomic E-state index is 0.0926. The van der Waals surface area contributed by atoms with Gasteiger partial charge in [-0.25, -0.2) is 0 Å². The van der Waals surface area contributed by atoms with Gasteiger partial charge in [0.2, 0.25) is 0 Å². The lowest BCUT2D eigenvalue weighted by Gasteiger charge is -2.09. The van der Waals surface area contributed by atoms with Crippen molar-refractivity contribution in [1.29, 1.82) is 5.26 Å². The molecule has 1 unspecified atom stereocenters. The second-order valence-electron chi connectivity index (χ2n) is 4.07. The first-order chi connectivity index (χ1) is 8.79. The lowest BCUT2D eigenvalue weighted by atomic mass is 10.2. The molecular weight excluding hydrogens is 248 g/mol. The Hall–Kier alpha value is -1.64. The Morgan fingerprint density at radius 3 is 3.22 bits per heavy atom. The lowest BCUT2D eigenvalue weighted by Crippen LogP contribution is -2.32. The van der Waals surface area contributed by atoms with Crippen LogP contribution in [0.1, 0.15) is 18.4 Å².